The predicted molar refractivity (Wildman–Crippen MR) is 160 cm³/mol. The van der Waals surface area contributed by atoms with Gasteiger partial charge in [0.25, 0.3) is 0 Å². The third kappa shape index (κ3) is 4.62. The molecule has 1 amide bonds. The van der Waals surface area contributed by atoms with E-state index >= 15 is 0 Å². The summed E-state index contributed by atoms with van der Waals surface area (Å²) < 4.78 is 19.7. The second-order valence-corrected chi connectivity index (χ2v) is 16.3. The summed E-state index contributed by atoms with van der Waals surface area (Å²) >= 11 is 0. The number of carbonyl (C=O) groups excluding carboxylic acids is 1. The van der Waals surface area contributed by atoms with Gasteiger partial charge in [-0.1, -0.05) is 34.6 Å². The fraction of sp³-hybridized carbons (Fsp3) is 0.971. The molecule has 4 aliphatic carbocycles. The molecule has 3 aliphatic heterocycles. The van der Waals surface area contributed by atoms with Crippen LogP contribution >= 0.6 is 0 Å². The van der Waals surface area contributed by atoms with E-state index in [-0.39, 0.29) is 18.0 Å². The lowest BCUT2D eigenvalue weighted by molar-refractivity contribution is -0.273. The number of rotatable bonds is 3. The molecule has 0 radical (unpaired) electrons. The van der Waals surface area contributed by atoms with Gasteiger partial charge in [-0.2, -0.15) is 0 Å². The van der Waals surface area contributed by atoms with E-state index in [1.165, 1.54) is 51.4 Å². The van der Waals surface area contributed by atoms with Crippen LogP contribution in [0.15, 0.2) is 0 Å². The zero-order chi connectivity index (χ0) is 28.6. The van der Waals surface area contributed by atoms with Crippen molar-refractivity contribution in [2.24, 2.45) is 52.3 Å². The number of nitrogens with zero attached hydrogens (tertiary/aromatic N) is 2. The van der Waals surface area contributed by atoms with E-state index in [0.717, 1.165) is 76.3 Å². The molecule has 0 N–H and O–H groups in total. The van der Waals surface area contributed by atoms with Crippen molar-refractivity contribution in [3.63, 3.8) is 0 Å². The molecule has 232 valence electrons. The Bertz CT molecular complexity index is 973. The molecule has 3 heterocycles. The highest BCUT2D eigenvalue weighted by molar-refractivity contribution is 5.68. The van der Waals surface area contributed by atoms with Crippen LogP contribution in [0.5, 0.6) is 0 Å². The van der Waals surface area contributed by atoms with Gasteiger partial charge in [0, 0.05) is 38.5 Å². The molecule has 4 saturated carbocycles. The molecule has 41 heavy (non-hydrogen) atoms. The molecule has 6 nitrogen and oxygen atoms in total. The fourth-order valence-corrected chi connectivity index (χ4v) is 12.0. The molecule has 7 fully saturated rings. The lowest BCUT2D eigenvalue weighted by atomic mass is 9.44. The Kier molecular flexibility index (Phi) is 7.50. The van der Waals surface area contributed by atoms with E-state index in [2.05, 4.69) is 39.5 Å². The summed E-state index contributed by atoms with van der Waals surface area (Å²) in [7, 11) is 0. The number of ether oxygens (including phenoxy) is 3. The Morgan fingerprint density at radius 2 is 1.68 bits per heavy atom. The summed E-state index contributed by atoms with van der Waals surface area (Å²) in [6.45, 7) is 17.9. The van der Waals surface area contributed by atoms with Gasteiger partial charge in [0.15, 0.2) is 5.79 Å². The number of hydrogen-bond donors (Lipinski definition) is 0. The van der Waals surface area contributed by atoms with Crippen LogP contribution in [-0.4, -0.2) is 73.2 Å². The van der Waals surface area contributed by atoms with Gasteiger partial charge >= 0.3 is 6.09 Å². The molecule has 6 heteroatoms. The largest absolute Gasteiger partial charge is 0.446 e. The molecular formula is C35H58N2O4. The molecule has 0 unspecified atom stereocenters. The van der Waals surface area contributed by atoms with Crippen LogP contribution in [0.25, 0.3) is 0 Å². The molecule has 0 aromatic rings. The molecule has 1 spiro atoms. The summed E-state index contributed by atoms with van der Waals surface area (Å²) in [5, 5.41) is 0. The molecule has 0 aromatic carbocycles. The van der Waals surface area contributed by atoms with Gasteiger partial charge in [-0.25, -0.2) is 4.79 Å². The molecule has 7 aliphatic rings. The molecule has 12 atom stereocenters. The predicted octanol–water partition coefficient (Wildman–Crippen LogP) is 6.97. The number of fused-ring (bicyclic) bond motifs is 7. The van der Waals surface area contributed by atoms with Crippen LogP contribution in [0.2, 0.25) is 0 Å². The van der Waals surface area contributed by atoms with E-state index in [4.69, 9.17) is 14.2 Å². The Morgan fingerprint density at radius 3 is 2.41 bits per heavy atom. The number of carbonyl (C=O) groups is 1. The first kappa shape index (κ1) is 28.9. The van der Waals surface area contributed by atoms with Crippen LogP contribution in [-0.2, 0) is 14.2 Å². The van der Waals surface area contributed by atoms with E-state index in [1.807, 2.05) is 4.90 Å². The standard InChI is InChI=1S/C35H58N2O4/c1-6-15-36-16-18-37(19-17-36)32(38)40-26-10-12-33(4)25(20-26)7-8-27-28(33)11-13-34(5)29(27)21-30-31(34)24(3)35(41-30)14-9-23(2)22-39-35/h23-31H,6-22H2,1-5H3/t23-,24-,25+,26-,27+,28-,29-,30-,31-,33-,34-,35+/m0/s1. The maximum atomic E-state index is 13.1. The van der Waals surface area contributed by atoms with Crippen molar-refractivity contribution in [2.45, 2.75) is 123 Å². The first-order valence-electron chi connectivity index (χ1n) is 17.7. The fourth-order valence-electron chi connectivity index (χ4n) is 12.0. The lowest BCUT2D eigenvalue weighted by Crippen LogP contribution is -2.55. The number of hydrogen-bond acceptors (Lipinski definition) is 5. The lowest BCUT2D eigenvalue weighted by Gasteiger charge is -2.61. The molecule has 7 rings (SSSR count). The van der Waals surface area contributed by atoms with E-state index < -0.39 is 0 Å². The van der Waals surface area contributed by atoms with Gasteiger partial charge in [0.1, 0.15) is 6.10 Å². The molecule has 0 bridgehead atoms. The average Bonchev–Trinajstić information content (AvgIpc) is 3.41. The van der Waals surface area contributed by atoms with Crippen LogP contribution in [0.3, 0.4) is 0 Å². The quantitative estimate of drug-likeness (QED) is 0.367. The second kappa shape index (κ2) is 10.6. The Labute approximate surface area is 249 Å². The van der Waals surface area contributed by atoms with Crippen molar-refractivity contribution in [1.82, 2.24) is 9.80 Å². The smallest absolute Gasteiger partial charge is 0.410 e. The third-order valence-corrected chi connectivity index (χ3v) is 14.3. The Hall–Kier alpha value is -0.850. The number of amides is 1. The van der Waals surface area contributed by atoms with Crippen LogP contribution < -0.4 is 0 Å². The minimum atomic E-state index is -0.310. The Balaban J connectivity index is 0.984. The Morgan fingerprint density at radius 1 is 0.902 bits per heavy atom. The van der Waals surface area contributed by atoms with Crippen molar-refractivity contribution < 1.29 is 19.0 Å². The topological polar surface area (TPSA) is 51.2 Å². The maximum Gasteiger partial charge on any atom is 0.410 e. The van der Waals surface area contributed by atoms with Gasteiger partial charge in [-0.05, 0) is 117 Å². The van der Waals surface area contributed by atoms with Gasteiger partial charge < -0.3 is 19.1 Å². The van der Waals surface area contributed by atoms with E-state index in [9.17, 15) is 4.79 Å². The summed E-state index contributed by atoms with van der Waals surface area (Å²) in [5.74, 6) is 4.62. The second-order valence-electron chi connectivity index (χ2n) is 16.3. The maximum absolute atomic E-state index is 13.1. The van der Waals surface area contributed by atoms with Crippen molar-refractivity contribution in [3.05, 3.63) is 0 Å². The van der Waals surface area contributed by atoms with Gasteiger partial charge in [0.2, 0.25) is 0 Å². The minimum absolute atomic E-state index is 0.0577. The summed E-state index contributed by atoms with van der Waals surface area (Å²) in [6.07, 6.45) is 13.9. The van der Waals surface area contributed by atoms with Crippen LogP contribution in [0, 0.1) is 52.3 Å². The highest BCUT2D eigenvalue weighted by atomic mass is 16.7. The SMILES string of the molecule is CCCN1CCN(C(=O)O[C@H]2CC[C@@]3(C)[C@H](CC[C@@H]4[C@@H]3CC[C@]3(C)[C@@H]5[C@H](C[C@@H]43)O[C@]3(CC[C@H](C)CO3)[C@H]5C)C2)CC1. The summed E-state index contributed by atoms with van der Waals surface area (Å²) in [6, 6.07) is 0. The van der Waals surface area contributed by atoms with Crippen LogP contribution in [0.1, 0.15) is 105 Å². The summed E-state index contributed by atoms with van der Waals surface area (Å²) in [4.78, 5) is 17.5. The monoisotopic (exact) mass is 570 g/mol. The minimum Gasteiger partial charge on any atom is -0.446 e. The highest BCUT2D eigenvalue weighted by Crippen LogP contribution is 2.71. The zero-order valence-corrected chi connectivity index (χ0v) is 26.7. The molecule has 3 saturated heterocycles. The van der Waals surface area contributed by atoms with E-state index in [0.29, 0.717) is 40.6 Å². The van der Waals surface area contributed by atoms with Gasteiger partial charge in [-0.15, -0.1) is 0 Å². The first-order valence-corrected chi connectivity index (χ1v) is 17.7. The third-order valence-electron chi connectivity index (χ3n) is 14.3. The first-order chi connectivity index (χ1) is 19.7. The molecular weight excluding hydrogens is 512 g/mol. The van der Waals surface area contributed by atoms with Crippen molar-refractivity contribution in [1.29, 1.82) is 0 Å². The molecule has 0 aromatic heterocycles. The van der Waals surface area contributed by atoms with E-state index in [1.54, 1.807) is 0 Å². The van der Waals surface area contributed by atoms with Crippen molar-refractivity contribution in [2.75, 3.05) is 39.3 Å². The van der Waals surface area contributed by atoms with Crippen molar-refractivity contribution >= 4 is 6.09 Å². The summed E-state index contributed by atoms with van der Waals surface area (Å²) in [5.41, 5.74) is 0.783. The number of piperazine rings is 1. The van der Waals surface area contributed by atoms with Gasteiger partial charge in [0.05, 0.1) is 12.7 Å². The van der Waals surface area contributed by atoms with Crippen molar-refractivity contribution in [3.8, 4) is 0 Å². The normalized spacial score (nSPS) is 51.5. The van der Waals surface area contributed by atoms with Gasteiger partial charge in [-0.3, -0.25) is 4.90 Å². The average molecular weight is 571 g/mol. The van der Waals surface area contributed by atoms with Crippen LogP contribution in [0.4, 0.5) is 4.79 Å². The highest BCUT2D eigenvalue weighted by Gasteiger charge is 2.69. The zero-order valence-electron chi connectivity index (χ0n) is 26.7.